The number of carbonyl (C=O) groups excluding carboxylic acids is 2. The first-order valence-electron chi connectivity index (χ1n) is 10.5. The van der Waals surface area contributed by atoms with Crippen LogP contribution in [0.4, 0.5) is 5.69 Å². The molecule has 8 nitrogen and oxygen atoms in total. The van der Waals surface area contributed by atoms with Crippen LogP contribution in [0.15, 0.2) is 47.4 Å². The van der Waals surface area contributed by atoms with E-state index in [0.29, 0.717) is 12.2 Å². The van der Waals surface area contributed by atoms with Crippen molar-refractivity contribution in [3.8, 4) is 0 Å². The van der Waals surface area contributed by atoms with Crippen LogP contribution in [0.3, 0.4) is 0 Å². The van der Waals surface area contributed by atoms with Crippen LogP contribution in [0, 0.1) is 13.8 Å². The second-order valence-corrected chi connectivity index (χ2v) is 10.3. The standard InChI is InChI=1S/C23H30N4O4S/c1-16-10-11-19(13-17(16)2)32(30,31)26(3)15-22(28)25-20-8-5-4-7-18(20)14-27-12-6-9-21(27)23(24)29/h4-5,7-8,10-11,13,21H,6,9,12,14-15H2,1-3H3,(H2,24,29)(H,25,28). The minimum Gasteiger partial charge on any atom is -0.368 e. The van der Waals surface area contributed by atoms with Crippen molar-refractivity contribution in [2.24, 2.45) is 5.73 Å². The summed E-state index contributed by atoms with van der Waals surface area (Å²) in [6, 6.07) is 11.9. The van der Waals surface area contributed by atoms with Gasteiger partial charge < -0.3 is 11.1 Å². The van der Waals surface area contributed by atoms with Crippen LogP contribution >= 0.6 is 0 Å². The number of anilines is 1. The summed E-state index contributed by atoms with van der Waals surface area (Å²) in [7, 11) is -2.41. The summed E-state index contributed by atoms with van der Waals surface area (Å²) >= 11 is 0. The molecular formula is C23H30N4O4S. The van der Waals surface area contributed by atoms with E-state index in [1.54, 1.807) is 30.3 Å². The number of carbonyl (C=O) groups is 2. The summed E-state index contributed by atoms with van der Waals surface area (Å²) in [6.07, 6.45) is 1.62. The number of hydrogen-bond donors (Lipinski definition) is 2. The first-order chi connectivity index (χ1) is 15.1. The smallest absolute Gasteiger partial charge is 0.243 e. The van der Waals surface area contributed by atoms with Gasteiger partial charge in [0.25, 0.3) is 0 Å². The third-order valence-corrected chi connectivity index (χ3v) is 7.71. The fraction of sp³-hybridized carbons (Fsp3) is 0.391. The van der Waals surface area contributed by atoms with Gasteiger partial charge in [-0.3, -0.25) is 14.5 Å². The van der Waals surface area contributed by atoms with E-state index in [0.717, 1.165) is 40.4 Å². The zero-order valence-electron chi connectivity index (χ0n) is 18.7. The van der Waals surface area contributed by atoms with Crippen LogP contribution in [0.25, 0.3) is 0 Å². The van der Waals surface area contributed by atoms with E-state index in [2.05, 4.69) is 5.32 Å². The lowest BCUT2D eigenvalue weighted by atomic mass is 10.1. The molecule has 32 heavy (non-hydrogen) atoms. The maximum Gasteiger partial charge on any atom is 0.243 e. The molecule has 172 valence electrons. The molecule has 1 heterocycles. The van der Waals surface area contributed by atoms with Crippen LogP contribution in [-0.4, -0.2) is 55.6 Å². The monoisotopic (exact) mass is 458 g/mol. The second kappa shape index (κ2) is 9.81. The van der Waals surface area contributed by atoms with E-state index >= 15 is 0 Å². The number of para-hydroxylation sites is 1. The highest BCUT2D eigenvalue weighted by Gasteiger charge is 2.29. The van der Waals surface area contributed by atoms with Crippen molar-refractivity contribution in [3.63, 3.8) is 0 Å². The van der Waals surface area contributed by atoms with Crippen molar-refractivity contribution in [2.45, 2.75) is 44.2 Å². The molecule has 2 aromatic rings. The molecule has 1 fully saturated rings. The van der Waals surface area contributed by atoms with Gasteiger partial charge in [0.05, 0.1) is 17.5 Å². The summed E-state index contributed by atoms with van der Waals surface area (Å²) in [4.78, 5) is 26.5. The third kappa shape index (κ3) is 5.35. The Morgan fingerprint density at radius 3 is 2.56 bits per heavy atom. The third-order valence-electron chi connectivity index (χ3n) is 5.91. The van der Waals surface area contributed by atoms with Gasteiger partial charge >= 0.3 is 0 Å². The molecule has 1 aliphatic rings. The molecule has 2 amide bonds. The van der Waals surface area contributed by atoms with Gasteiger partial charge in [-0.2, -0.15) is 4.31 Å². The lowest BCUT2D eigenvalue weighted by Crippen LogP contribution is -2.40. The van der Waals surface area contributed by atoms with Gasteiger partial charge in [0.15, 0.2) is 0 Å². The molecule has 1 atom stereocenters. The fourth-order valence-electron chi connectivity index (χ4n) is 3.87. The van der Waals surface area contributed by atoms with Crippen molar-refractivity contribution < 1.29 is 18.0 Å². The van der Waals surface area contributed by atoms with E-state index < -0.39 is 15.9 Å². The summed E-state index contributed by atoms with van der Waals surface area (Å²) in [5.74, 6) is -0.789. The topological polar surface area (TPSA) is 113 Å². The predicted octanol–water partition coefficient (Wildman–Crippen LogP) is 2.01. The van der Waals surface area contributed by atoms with Crippen molar-refractivity contribution >= 4 is 27.5 Å². The van der Waals surface area contributed by atoms with Crippen LogP contribution in [0.2, 0.25) is 0 Å². The van der Waals surface area contributed by atoms with E-state index in [9.17, 15) is 18.0 Å². The molecular weight excluding hydrogens is 428 g/mol. The van der Waals surface area contributed by atoms with Crippen LogP contribution in [0.1, 0.15) is 29.5 Å². The molecule has 3 rings (SSSR count). The van der Waals surface area contributed by atoms with Gasteiger partial charge in [-0.1, -0.05) is 24.3 Å². The molecule has 2 aromatic carbocycles. The Kier molecular flexibility index (Phi) is 7.33. The minimum absolute atomic E-state index is 0.155. The molecule has 0 radical (unpaired) electrons. The molecule has 0 bridgehead atoms. The lowest BCUT2D eigenvalue weighted by Gasteiger charge is -2.23. The number of nitrogens with two attached hydrogens (primary N) is 1. The number of primary amides is 1. The number of likely N-dealkylation sites (N-methyl/N-ethyl adjacent to an activating group) is 1. The van der Waals surface area contributed by atoms with E-state index in [1.807, 2.05) is 30.9 Å². The van der Waals surface area contributed by atoms with E-state index in [1.165, 1.54) is 7.05 Å². The van der Waals surface area contributed by atoms with Gasteiger partial charge in [0.1, 0.15) is 0 Å². The number of nitrogens with zero attached hydrogens (tertiary/aromatic N) is 2. The molecule has 0 spiro atoms. The van der Waals surface area contributed by atoms with Crippen molar-refractivity contribution in [2.75, 3.05) is 25.5 Å². The lowest BCUT2D eigenvalue weighted by molar-refractivity contribution is -0.122. The Balaban J connectivity index is 1.70. The number of benzene rings is 2. The Bertz CT molecular complexity index is 1120. The zero-order chi connectivity index (χ0) is 23.5. The number of rotatable bonds is 8. The highest BCUT2D eigenvalue weighted by molar-refractivity contribution is 7.89. The maximum atomic E-state index is 12.9. The Hall–Kier alpha value is -2.75. The average molecular weight is 459 g/mol. The Morgan fingerprint density at radius 2 is 1.88 bits per heavy atom. The van der Waals surface area contributed by atoms with Gasteiger partial charge in [0, 0.05) is 19.3 Å². The quantitative estimate of drug-likeness (QED) is 0.628. The van der Waals surface area contributed by atoms with Gasteiger partial charge in [-0.15, -0.1) is 0 Å². The summed E-state index contributed by atoms with van der Waals surface area (Å²) in [5, 5.41) is 2.82. The van der Waals surface area contributed by atoms with E-state index in [-0.39, 0.29) is 23.4 Å². The first kappa shape index (κ1) is 23.9. The van der Waals surface area contributed by atoms with Gasteiger partial charge in [0.2, 0.25) is 21.8 Å². The molecule has 1 saturated heterocycles. The first-order valence-corrected chi connectivity index (χ1v) is 12.0. The number of likely N-dealkylation sites (tertiary alicyclic amines) is 1. The maximum absolute atomic E-state index is 12.9. The van der Waals surface area contributed by atoms with Crippen molar-refractivity contribution in [1.29, 1.82) is 0 Å². The predicted molar refractivity (Wildman–Crippen MR) is 123 cm³/mol. The number of sulfonamides is 1. The fourth-order valence-corrected chi connectivity index (χ4v) is 5.08. The summed E-state index contributed by atoms with van der Waals surface area (Å²) < 4.78 is 26.8. The summed E-state index contributed by atoms with van der Waals surface area (Å²) in [6.45, 7) is 4.67. The highest BCUT2D eigenvalue weighted by Crippen LogP contribution is 2.24. The largest absolute Gasteiger partial charge is 0.368 e. The Morgan fingerprint density at radius 1 is 1.16 bits per heavy atom. The number of aryl methyl sites for hydroxylation is 2. The van der Waals surface area contributed by atoms with Crippen molar-refractivity contribution in [3.05, 3.63) is 59.2 Å². The van der Waals surface area contributed by atoms with Gasteiger partial charge in [-0.25, -0.2) is 8.42 Å². The Labute approximate surface area is 189 Å². The van der Waals surface area contributed by atoms with Crippen molar-refractivity contribution in [1.82, 2.24) is 9.21 Å². The molecule has 0 saturated carbocycles. The zero-order valence-corrected chi connectivity index (χ0v) is 19.5. The average Bonchev–Trinajstić information content (AvgIpc) is 3.19. The summed E-state index contributed by atoms with van der Waals surface area (Å²) in [5.41, 5.74) is 8.81. The SMILES string of the molecule is Cc1ccc(S(=O)(=O)N(C)CC(=O)Nc2ccccc2CN2CCCC2C(N)=O)cc1C. The highest BCUT2D eigenvalue weighted by atomic mass is 32.2. The number of nitrogens with one attached hydrogen (secondary N) is 1. The van der Waals surface area contributed by atoms with Gasteiger partial charge in [-0.05, 0) is 68.1 Å². The molecule has 9 heteroatoms. The normalized spacial score (nSPS) is 16.9. The van der Waals surface area contributed by atoms with Crippen LogP contribution in [0.5, 0.6) is 0 Å². The van der Waals surface area contributed by atoms with Crippen LogP contribution in [-0.2, 0) is 26.2 Å². The molecule has 1 unspecified atom stereocenters. The number of hydrogen-bond acceptors (Lipinski definition) is 5. The molecule has 0 aliphatic carbocycles. The molecule has 3 N–H and O–H groups in total. The minimum atomic E-state index is -3.80. The molecule has 1 aliphatic heterocycles. The molecule has 0 aromatic heterocycles. The van der Waals surface area contributed by atoms with E-state index in [4.69, 9.17) is 5.73 Å². The number of amides is 2. The second-order valence-electron chi connectivity index (χ2n) is 8.24. The van der Waals surface area contributed by atoms with Crippen LogP contribution < -0.4 is 11.1 Å².